The quantitative estimate of drug-likeness (QED) is 0.451. The SMILES string of the molecule is O=COc1ccc(CC(=O)NC2C=C(C(=O)O)N3C(=O)C[C@H]3S2)c(OC=O)c1. The summed E-state index contributed by atoms with van der Waals surface area (Å²) in [5.41, 5.74) is 0.206. The minimum atomic E-state index is -1.25. The summed E-state index contributed by atoms with van der Waals surface area (Å²) in [6.45, 7) is 0.399. The lowest BCUT2D eigenvalue weighted by Crippen LogP contribution is -2.55. The number of β-lactam (4-membered cyclic amide) rings is 1. The number of rotatable bonds is 8. The van der Waals surface area contributed by atoms with Gasteiger partial charge in [0.05, 0.1) is 23.6 Å². The van der Waals surface area contributed by atoms with Gasteiger partial charge in [-0.1, -0.05) is 6.07 Å². The van der Waals surface area contributed by atoms with Crippen LogP contribution >= 0.6 is 11.8 Å². The van der Waals surface area contributed by atoms with E-state index in [1.807, 2.05) is 0 Å². The molecule has 0 spiro atoms. The molecule has 0 aliphatic carbocycles. The van der Waals surface area contributed by atoms with Crippen LogP contribution in [0.1, 0.15) is 12.0 Å². The molecule has 2 N–H and O–H groups in total. The normalized spacial score (nSPS) is 20.2. The highest BCUT2D eigenvalue weighted by atomic mass is 32.2. The lowest BCUT2D eigenvalue weighted by Gasteiger charge is -2.44. The summed E-state index contributed by atoms with van der Waals surface area (Å²) < 4.78 is 9.49. The number of hydrogen-bond donors (Lipinski definition) is 2. The molecule has 0 aromatic heterocycles. The lowest BCUT2D eigenvalue weighted by atomic mass is 10.1. The molecule has 2 aliphatic heterocycles. The van der Waals surface area contributed by atoms with Crippen molar-refractivity contribution in [2.75, 3.05) is 0 Å². The van der Waals surface area contributed by atoms with Crippen LogP contribution in [0.25, 0.3) is 0 Å². The van der Waals surface area contributed by atoms with Crippen LogP contribution in [-0.2, 0) is 30.4 Å². The molecule has 2 aliphatic rings. The van der Waals surface area contributed by atoms with E-state index in [1.165, 1.54) is 40.9 Å². The second-order valence-corrected chi connectivity index (χ2v) is 7.10. The Balaban J connectivity index is 1.71. The number of amides is 2. The van der Waals surface area contributed by atoms with Crippen LogP contribution in [-0.4, -0.2) is 51.5 Å². The monoisotopic (exact) mass is 406 g/mol. The largest absolute Gasteiger partial charge is 0.477 e. The van der Waals surface area contributed by atoms with E-state index in [0.717, 1.165) is 0 Å². The predicted octanol–water partition coefficient (Wildman–Crippen LogP) is 0.0155. The molecular weight excluding hydrogens is 392 g/mol. The molecule has 28 heavy (non-hydrogen) atoms. The van der Waals surface area contributed by atoms with Crippen molar-refractivity contribution in [3.05, 3.63) is 35.5 Å². The third kappa shape index (κ3) is 3.98. The number of aliphatic carboxylic acids is 1. The number of thioether (sulfide) groups is 1. The molecule has 1 aromatic carbocycles. The summed E-state index contributed by atoms with van der Waals surface area (Å²) in [4.78, 5) is 57.6. The Labute approximate surface area is 162 Å². The predicted molar refractivity (Wildman–Crippen MR) is 94.0 cm³/mol. The van der Waals surface area contributed by atoms with Crippen LogP contribution in [0.4, 0.5) is 0 Å². The van der Waals surface area contributed by atoms with Crippen molar-refractivity contribution < 1.29 is 38.6 Å². The lowest BCUT2D eigenvalue weighted by molar-refractivity contribution is -0.146. The zero-order valence-corrected chi connectivity index (χ0v) is 15.0. The minimum absolute atomic E-state index is 0.0540. The van der Waals surface area contributed by atoms with Crippen LogP contribution in [0.3, 0.4) is 0 Å². The van der Waals surface area contributed by atoms with Gasteiger partial charge in [-0.25, -0.2) is 4.79 Å². The fraction of sp³-hybridized carbons (Fsp3) is 0.235. The number of ether oxygens (including phenoxy) is 2. The standard InChI is InChI=1S/C17H14N2O8S/c20-7-26-10-2-1-9(12(4-10)27-8-21)3-13(22)18-14-5-11(17(24)25)19-15(23)6-16(19)28-14/h1-2,4-5,7-8,14,16H,3,6H2,(H,18,22)(H,24,25)/t14?,16-/m1/s1. The van der Waals surface area contributed by atoms with Crippen molar-refractivity contribution in [1.82, 2.24) is 10.2 Å². The van der Waals surface area contributed by atoms with Crippen molar-refractivity contribution in [1.29, 1.82) is 0 Å². The van der Waals surface area contributed by atoms with E-state index in [0.29, 0.717) is 5.56 Å². The van der Waals surface area contributed by atoms with Gasteiger partial charge in [-0.05, 0) is 12.1 Å². The number of nitrogens with one attached hydrogen (secondary N) is 1. The molecule has 1 saturated heterocycles. The highest BCUT2D eigenvalue weighted by molar-refractivity contribution is 8.00. The van der Waals surface area contributed by atoms with Gasteiger partial charge in [0, 0.05) is 11.6 Å². The van der Waals surface area contributed by atoms with E-state index in [9.17, 15) is 29.1 Å². The zero-order chi connectivity index (χ0) is 20.3. The summed E-state index contributed by atoms with van der Waals surface area (Å²) >= 11 is 1.26. The first-order chi connectivity index (χ1) is 13.4. The average Bonchev–Trinajstić information content (AvgIpc) is 2.63. The van der Waals surface area contributed by atoms with E-state index >= 15 is 0 Å². The van der Waals surface area contributed by atoms with Gasteiger partial charge < -0.3 is 19.9 Å². The molecule has 0 radical (unpaired) electrons. The van der Waals surface area contributed by atoms with Gasteiger partial charge in [-0.2, -0.15) is 0 Å². The summed E-state index contributed by atoms with van der Waals surface area (Å²) in [5.74, 6) is -1.77. The van der Waals surface area contributed by atoms with Gasteiger partial charge in [0.25, 0.3) is 12.9 Å². The Morgan fingerprint density at radius 3 is 2.68 bits per heavy atom. The molecule has 1 aromatic rings. The number of carbonyl (C=O) groups is 5. The second-order valence-electron chi connectivity index (χ2n) is 5.78. The molecule has 2 atom stereocenters. The van der Waals surface area contributed by atoms with Crippen molar-refractivity contribution >= 4 is 42.5 Å². The van der Waals surface area contributed by atoms with E-state index < -0.39 is 17.3 Å². The van der Waals surface area contributed by atoms with Crippen molar-refractivity contribution in [2.45, 2.75) is 23.6 Å². The third-order valence-corrected chi connectivity index (χ3v) is 5.29. The summed E-state index contributed by atoms with van der Waals surface area (Å²) in [6.07, 6.45) is 1.35. The molecule has 1 unspecified atom stereocenters. The number of fused-ring (bicyclic) bond motifs is 1. The Hall–Kier alpha value is -3.34. The maximum Gasteiger partial charge on any atom is 0.352 e. The average molecular weight is 406 g/mol. The van der Waals surface area contributed by atoms with E-state index in [-0.39, 0.29) is 54.3 Å². The van der Waals surface area contributed by atoms with Gasteiger partial charge in [0.1, 0.15) is 17.2 Å². The fourth-order valence-electron chi connectivity index (χ4n) is 2.82. The first-order valence-electron chi connectivity index (χ1n) is 7.98. The van der Waals surface area contributed by atoms with Gasteiger partial charge >= 0.3 is 5.97 Å². The maximum atomic E-state index is 12.4. The van der Waals surface area contributed by atoms with E-state index in [4.69, 9.17) is 4.74 Å². The molecule has 0 bridgehead atoms. The number of carboxylic acids is 1. The van der Waals surface area contributed by atoms with Gasteiger partial charge in [-0.3, -0.25) is 24.1 Å². The fourth-order valence-corrected chi connectivity index (χ4v) is 4.16. The van der Waals surface area contributed by atoms with Crippen LogP contribution in [0.5, 0.6) is 11.5 Å². The molecule has 11 heteroatoms. The third-order valence-electron chi connectivity index (χ3n) is 4.05. The molecule has 1 fully saturated rings. The molecule has 2 heterocycles. The molecule has 2 amide bonds. The molecule has 3 rings (SSSR count). The first kappa shape index (κ1) is 19.4. The van der Waals surface area contributed by atoms with Gasteiger partial charge in [0.2, 0.25) is 11.8 Å². The minimum Gasteiger partial charge on any atom is -0.477 e. The number of carboxylic acid groups (broad SMARTS) is 1. The Bertz CT molecular complexity index is 884. The molecule has 0 saturated carbocycles. The van der Waals surface area contributed by atoms with Crippen LogP contribution in [0.15, 0.2) is 30.0 Å². The van der Waals surface area contributed by atoms with Crippen LogP contribution < -0.4 is 14.8 Å². The Morgan fingerprint density at radius 1 is 1.29 bits per heavy atom. The Kier molecular flexibility index (Phi) is 5.64. The maximum absolute atomic E-state index is 12.4. The first-order valence-corrected chi connectivity index (χ1v) is 8.92. The number of carbonyl (C=O) groups excluding carboxylic acids is 4. The van der Waals surface area contributed by atoms with Crippen LogP contribution in [0, 0.1) is 0 Å². The van der Waals surface area contributed by atoms with E-state index in [2.05, 4.69) is 10.1 Å². The van der Waals surface area contributed by atoms with Crippen molar-refractivity contribution in [3.8, 4) is 11.5 Å². The zero-order valence-electron chi connectivity index (χ0n) is 14.2. The summed E-state index contributed by atoms with van der Waals surface area (Å²) in [6, 6.07) is 4.20. The Morgan fingerprint density at radius 2 is 2.04 bits per heavy atom. The van der Waals surface area contributed by atoms with Crippen molar-refractivity contribution in [3.63, 3.8) is 0 Å². The molecular formula is C17H14N2O8S. The topological polar surface area (TPSA) is 139 Å². The van der Waals surface area contributed by atoms with Crippen molar-refractivity contribution in [2.24, 2.45) is 0 Å². The summed E-state index contributed by atoms with van der Waals surface area (Å²) in [5, 5.41) is 11.0. The smallest absolute Gasteiger partial charge is 0.352 e. The van der Waals surface area contributed by atoms with Gasteiger partial charge in [-0.15, -0.1) is 11.8 Å². The second kappa shape index (κ2) is 8.13. The summed E-state index contributed by atoms with van der Waals surface area (Å²) in [7, 11) is 0. The number of benzene rings is 1. The number of hydrogen-bond acceptors (Lipinski definition) is 8. The van der Waals surface area contributed by atoms with Gasteiger partial charge in [0.15, 0.2) is 0 Å². The van der Waals surface area contributed by atoms with Crippen LogP contribution in [0.2, 0.25) is 0 Å². The molecule has 10 nitrogen and oxygen atoms in total. The highest BCUT2D eigenvalue weighted by Gasteiger charge is 2.45. The highest BCUT2D eigenvalue weighted by Crippen LogP contribution is 2.39. The number of nitrogens with zero attached hydrogens (tertiary/aromatic N) is 1. The molecule has 146 valence electrons. The van der Waals surface area contributed by atoms with E-state index in [1.54, 1.807) is 0 Å².